The lowest BCUT2D eigenvalue weighted by Gasteiger charge is -2.48. The highest BCUT2D eigenvalue weighted by molar-refractivity contribution is 5.91. The van der Waals surface area contributed by atoms with E-state index in [1.165, 1.54) is 0 Å². The standard InChI is InChI=1S/C21H29NO3/c1-16(2)19-14-18(23)15-21(25-19)10-12-22(13-11-21)20(24)9-8-17-6-4-3-5-7-17/h3-9,16,18-19,23H,10-15H2,1-2H3/t18-,19-/m1/s1. The van der Waals surface area contributed by atoms with Gasteiger partial charge in [0.1, 0.15) is 0 Å². The zero-order valence-corrected chi connectivity index (χ0v) is 15.2. The molecule has 136 valence electrons. The minimum atomic E-state index is -0.290. The molecule has 3 rings (SSSR count). The zero-order valence-electron chi connectivity index (χ0n) is 15.2. The number of hydrogen-bond donors (Lipinski definition) is 1. The van der Waals surface area contributed by atoms with Crippen LogP contribution in [0.4, 0.5) is 0 Å². The predicted molar refractivity (Wildman–Crippen MR) is 99.0 cm³/mol. The van der Waals surface area contributed by atoms with Crippen LogP contribution in [0.3, 0.4) is 0 Å². The Labute approximate surface area is 150 Å². The van der Waals surface area contributed by atoms with Crippen LogP contribution in [0.2, 0.25) is 0 Å². The third kappa shape index (κ3) is 4.50. The maximum absolute atomic E-state index is 12.4. The summed E-state index contributed by atoms with van der Waals surface area (Å²) in [6.45, 7) is 5.66. The minimum Gasteiger partial charge on any atom is -0.393 e. The van der Waals surface area contributed by atoms with Crippen molar-refractivity contribution >= 4 is 12.0 Å². The van der Waals surface area contributed by atoms with E-state index in [4.69, 9.17) is 4.74 Å². The monoisotopic (exact) mass is 343 g/mol. The van der Waals surface area contributed by atoms with E-state index in [2.05, 4.69) is 13.8 Å². The molecular formula is C21H29NO3. The highest BCUT2D eigenvalue weighted by atomic mass is 16.5. The lowest BCUT2D eigenvalue weighted by molar-refractivity contribution is -0.193. The Morgan fingerprint density at radius 2 is 1.96 bits per heavy atom. The lowest BCUT2D eigenvalue weighted by atomic mass is 9.80. The number of carbonyl (C=O) groups excluding carboxylic acids is 1. The summed E-state index contributed by atoms with van der Waals surface area (Å²) in [7, 11) is 0. The molecule has 0 aromatic heterocycles. The Morgan fingerprint density at radius 1 is 1.28 bits per heavy atom. The maximum atomic E-state index is 12.4. The molecule has 1 amide bonds. The molecule has 1 aromatic rings. The van der Waals surface area contributed by atoms with E-state index in [0.29, 0.717) is 25.4 Å². The Morgan fingerprint density at radius 3 is 2.60 bits per heavy atom. The molecule has 0 saturated carbocycles. The van der Waals surface area contributed by atoms with Gasteiger partial charge in [-0.05, 0) is 36.8 Å². The van der Waals surface area contributed by atoms with Crippen molar-refractivity contribution in [3.05, 3.63) is 42.0 Å². The predicted octanol–water partition coefficient (Wildman–Crippen LogP) is 3.26. The Bertz CT molecular complexity index is 603. The molecule has 25 heavy (non-hydrogen) atoms. The van der Waals surface area contributed by atoms with E-state index >= 15 is 0 Å². The zero-order chi connectivity index (χ0) is 17.9. The van der Waals surface area contributed by atoms with Crippen LogP contribution in [0.15, 0.2) is 36.4 Å². The van der Waals surface area contributed by atoms with Gasteiger partial charge in [-0.2, -0.15) is 0 Å². The van der Waals surface area contributed by atoms with Crippen LogP contribution in [0.1, 0.15) is 45.1 Å². The molecule has 2 saturated heterocycles. The molecule has 1 N–H and O–H groups in total. The maximum Gasteiger partial charge on any atom is 0.246 e. The van der Waals surface area contributed by atoms with E-state index < -0.39 is 0 Å². The van der Waals surface area contributed by atoms with E-state index in [-0.39, 0.29) is 23.7 Å². The summed E-state index contributed by atoms with van der Waals surface area (Å²) >= 11 is 0. The second-order valence-electron chi connectivity index (χ2n) is 7.75. The van der Waals surface area contributed by atoms with Gasteiger partial charge in [0.15, 0.2) is 0 Å². The van der Waals surface area contributed by atoms with Crippen molar-refractivity contribution in [2.24, 2.45) is 5.92 Å². The summed E-state index contributed by atoms with van der Waals surface area (Å²) in [6.07, 6.45) is 6.37. The van der Waals surface area contributed by atoms with Crippen LogP contribution in [0, 0.1) is 5.92 Å². The molecule has 1 spiro atoms. The average molecular weight is 343 g/mol. The molecule has 2 aliphatic heterocycles. The second kappa shape index (κ2) is 7.71. The number of aliphatic hydroxyl groups is 1. The van der Waals surface area contributed by atoms with Gasteiger partial charge in [-0.3, -0.25) is 4.79 Å². The third-order valence-corrected chi connectivity index (χ3v) is 5.46. The highest BCUT2D eigenvalue weighted by Crippen LogP contribution is 2.39. The molecule has 0 bridgehead atoms. The first-order valence-electron chi connectivity index (χ1n) is 9.35. The first kappa shape index (κ1) is 18.2. The number of benzene rings is 1. The summed E-state index contributed by atoms with van der Waals surface area (Å²) in [5.41, 5.74) is 0.773. The number of nitrogens with zero attached hydrogens (tertiary/aromatic N) is 1. The van der Waals surface area contributed by atoms with E-state index in [1.807, 2.05) is 41.3 Å². The molecular weight excluding hydrogens is 314 g/mol. The Balaban J connectivity index is 1.57. The normalized spacial score (nSPS) is 26.5. The molecule has 0 radical (unpaired) electrons. The van der Waals surface area contributed by atoms with Gasteiger partial charge in [-0.1, -0.05) is 44.2 Å². The molecule has 2 fully saturated rings. The summed E-state index contributed by atoms with van der Waals surface area (Å²) in [5, 5.41) is 10.3. The van der Waals surface area contributed by atoms with E-state index in [1.54, 1.807) is 6.08 Å². The lowest BCUT2D eigenvalue weighted by Crippen LogP contribution is -2.54. The van der Waals surface area contributed by atoms with Crippen molar-refractivity contribution in [1.82, 2.24) is 4.90 Å². The molecule has 2 heterocycles. The average Bonchev–Trinajstić information content (AvgIpc) is 2.60. The van der Waals surface area contributed by atoms with Crippen LogP contribution in [0.25, 0.3) is 6.08 Å². The fourth-order valence-electron chi connectivity index (χ4n) is 3.90. The van der Waals surface area contributed by atoms with E-state index in [9.17, 15) is 9.90 Å². The van der Waals surface area contributed by atoms with Gasteiger partial charge in [-0.15, -0.1) is 0 Å². The minimum absolute atomic E-state index is 0.0514. The largest absolute Gasteiger partial charge is 0.393 e. The number of piperidine rings is 1. The fourth-order valence-corrected chi connectivity index (χ4v) is 3.90. The van der Waals surface area contributed by atoms with Crippen LogP contribution in [0.5, 0.6) is 0 Å². The fraction of sp³-hybridized carbons (Fsp3) is 0.571. The first-order chi connectivity index (χ1) is 12.0. The summed E-state index contributed by atoms with van der Waals surface area (Å²) < 4.78 is 6.39. The van der Waals surface area contributed by atoms with Crippen LogP contribution in [-0.2, 0) is 9.53 Å². The van der Waals surface area contributed by atoms with Crippen molar-refractivity contribution in [3.63, 3.8) is 0 Å². The SMILES string of the molecule is CC(C)[C@H]1C[C@@H](O)CC2(CCN(C(=O)C=Cc3ccccc3)CC2)O1. The van der Waals surface area contributed by atoms with Crippen LogP contribution < -0.4 is 0 Å². The molecule has 0 aliphatic carbocycles. The molecule has 2 atom stereocenters. The quantitative estimate of drug-likeness (QED) is 0.857. The van der Waals surface area contributed by atoms with Gasteiger partial charge >= 0.3 is 0 Å². The number of likely N-dealkylation sites (tertiary alicyclic amines) is 1. The smallest absolute Gasteiger partial charge is 0.246 e. The van der Waals surface area contributed by atoms with Gasteiger partial charge < -0.3 is 14.7 Å². The van der Waals surface area contributed by atoms with Crippen molar-refractivity contribution in [2.75, 3.05) is 13.1 Å². The number of hydrogen-bond acceptors (Lipinski definition) is 3. The number of rotatable bonds is 3. The summed E-state index contributed by atoms with van der Waals surface area (Å²) in [5.74, 6) is 0.454. The molecule has 2 aliphatic rings. The van der Waals surface area contributed by atoms with Gasteiger partial charge in [0.25, 0.3) is 0 Å². The Hall–Kier alpha value is -1.65. The highest BCUT2D eigenvalue weighted by Gasteiger charge is 2.44. The van der Waals surface area contributed by atoms with Crippen molar-refractivity contribution in [1.29, 1.82) is 0 Å². The van der Waals surface area contributed by atoms with Gasteiger partial charge in [0.05, 0.1) is 17.8 Å². The molecule has 1 aromatic carbocycles. The molecule has 0 unspecified atom stereocenters. The Kier molecular flexibility index (Phi) is 5.60. The van der Waals surface area contributed by atoms with Crippen molar-refractivity contribution < 1.29 is 14.6 Å². The van der Waals surface area contributed by atoms with Crippen molar-refractivity contribution in [3.8, 4) is 0 Å². The van der Waals surface area contributed by atoms with Crippen LogP contribution >= 0.6 is 0 Å². The van der Waals surface area contributed by atoms with Gasteiger partial charge in [0, 0.05) is 25.6 Å². The number of carbonyl (C=O) groups is 1. The first-order valence-corrected chi connectivity index (χ1v) is 9.35. The number of amides is 1. The number of aliphatic hydroxyl groups excluding tert-OH is 1. The van der Waals surface area contributed by atoms with Gasteiger partial charge in [-0.25, -0.2) is 0 Å². The topological polar surface area (TPSA) is 49.8 Å². The van der Waals surface area contributed by atoms with E-state index in [0.717, 1.165) is 24.8 Å². The number of ether oxygens (including phenoxy) is 1. The molecule has 4 nitrogen and oxygen atoms in total. The summed E-state index contributed by atoms with van der Waals surface area (Å²) in [4.78, 5) is 14.3. The van der Waals surface area contributed by atoms with Gasteiger partial charge in [0.2, 0.25) is 5.91 Å². The van der Waals surface area contributed by atoms with Crippen molar-refractivity contribution in [2.45, 2.75) is 57.3 Å². The van der Waals surface area contributed by atoms with Crippen LogP contribution in [-0.4, -0.2) is 46.8 Å². The third-order valence-electron chi connectivity index (χ3n) is 5.46. The second-order valence-corrected chi connectivity index (χ2v) is 7.75. The summed E-state index contributed by atoms with van der Waals surface area (Å²) in [6, 6.07) is 9.86. The molecule has 4 heteroatoms.